The van der Waals surface area contributed by atoms with Crippen molar-refractivity contribution in [3.63, 3.8) is 0 Å². The fourth-order valence-electron chi connectivity index (χ4n) is 2.83. The third kappa shape index (κ3) is 3.96. The number of aryl methyl sites for hydroxylation is 1. The summed E-state index contributed by atoms with van der Waals surface area (Å²) >= 11 is 0. The van der Waals surface area contributed by atoms with Crippen molar-refractivity contribution < 1.29 is 4.79 Å². The maximum absolute atomic E-state index is 12.3. The minimum absolute atomic E-state index is 0.258. The second-order valence-corrected chi connectivity index (χ2v) is 6.46. The number of aromatic nitrogens is 3. The van der Waals surface area contributed by atoms with Crippen molar-refractivity contribution in [2.45, 2.75) is 13.5 Å². The summed E-state index contributed by atoms with van der Waals surface area (Å²) in [6, 6.07) is 17.8. The molecule has 6 nitrogen and oxygen atoms in total. The van der Waals surface area contributed by atoms with E-state index in [9.17, 15) is 4.79 Å². The van der Waals surface area contributed by atoms with E-state index in [2.05, 4.69) is 25.6 Å². The van der Waals surface area contributed by atoms with Crippen molar-refractivity contribution >= 4 is 28.3 Å². The number of anilines is 2. The van der Waals surface area contributed by atoms with Gasteiger partial charge in [0.25, 0.3) is 5.91 Å². The van der Waals surface area contributed by atoms with E-state index < -0.39 is 0 Å². The lowest BCUT2D eigenvalue weighted by Crippen LogP contribution is -2.24. The Labute approximate surface area is 162 Å². The first-order valence-corrected chi connectivity index (χ1v) is 8.95. The van der Waals surface area contributed by atoms with Crippen molar-refractivity contribution in [1.82, 2.24) is 20.3 Å². The maximum atomic E-state index is 12.3. The number of rotatable bonds is 5. The number of pyridine rings is 1. The molecule has 0 aliphatic carbocycles. The van der Waals surface area contributed by atoms with E-state index >= 15 is 0 Å². The first-order chi connectivity index (χ1) is 13.7. The number of amides is 1. The number of hydrogen-bond donors (Lipinski definition) is 2. The van der Waals surface area contributed by atoms with E-state index in [1.165, 1.54) is 11.8 Å². The summed E-state index contributed by atoms with van der Waals surface area (Å²) in [6.07, 6.45) is 4.76. The van der Waals surface area contributed by atoms with Gasteiger partial charge in [-0.25, -0.2) is 9.97 Å². The van der Waals surface area contributed by atoms with Crippen molar-refractivity contribution in [1.29, 1.82) is 0 Å². The molecule has 0 bridgehead atoms. The van der Waals surface area contributed by atoms with E-state index in [-0.39, 0.29) is 11.6 Å². The van der Waals surface area contributed by atoms with E-state index in [4.69, 9.17) is 0 Å². The highest BCUT2D eigenvalue weighted by atomic mass is 16.1. The number of benzene rings is 2. The predicted octanol–water partition coefficient (Wildman–Crippen LogP) is 4.01. The van der Waals surface area contributed by atoms with Gasteiger partial charge in [-0.15, -0.1) is 0 Å². The molecule has 1 amide bonds. The maximum Gasteiger partial charge on any atom is 0.271 e. The molecule has 0 aliphatic heterocycles. The van der Waals surface area contributed by atoms with Crippen LogP contribution in [0.3, 0.4) is 0 Å². The fraction of sp³-hybridized carbons (Fsp3) is 0.0909. The molecule has 0 radical (unpaired) electrons. The zero-order valence-corrected chi connectivity index (χ0v) is 15.4. The zero-order chi connectivity index (χ0) is 19.3. The molecule has 0 fully saturated rings. The number of nitrogens with zero attached hydrogens (tertiary/aromatic N) is 3. The molecule has 2 aromatic heterocycles. The number of nitrogens with one attached hydrogen (secondary N) is 2. The summed E-state index contributed by atoms with van der Waals surface area (Å²) in [5.41, 5.74) is 4.18. The van der Waals surface area contributed by atoms with Crippen LogP contribution >= 0.6 is 0 Å². The standard InChI is InChI=1S/C22H19N5O/c1-15-7-9-16(10-8-15)12-26-22(28)19-13-25-20(14-24-19)27-18-6-2-4-17-5-3-11-23-21(17)18/h2-11,13-14H,12H2,1H3,(H,25,27)(H,26,28). The van der Waals surface area contributed by atoms with Crippen LogP contribution in [-0.2, 0) is 6.54 Å². The monoisotopic (exact) mass is 369 g/mol. The third-order valence-corrected chi connectivity index (χ3v) is 4.35. The molecule has 2 aromatic carbocycles. The van der Waals surface area contributed by atoms with Crippen molar-refractivity contribution in [2.24, 2.45) is 0 Å². The van der Waals surface area contributed by atoms with Crippen LogP contribution in [0, 0.1) is 6.92 Å². The van der Waals surface area contributed by atoms with Crippen molar-refractivity contribution in [2.75, 3.05) is 5.32 Å². The quantitative estimate of drug-likeness (QED) is 0.556. The number of fused-ring (bicyclic) bond motifs is 1. The second-order valence-electron chi connectivity index (χ2n) is 6.46. The lowest BCUT2D eigenvalue weighted by atomic mass is 10.1. The summed E-state index contributed by atoms with van der Waals surface area (Å²) in [7, 11) is 0. The van der Waals surface area contributed by atoms with Crippen molar-refractivity contribution in [3.8, 4) is 0 Å². The molecule has 0 aliphatic rings. The van der Waals surface area contributed by atoms with Gasteiger partial charge in [-0.2, -0.15) is 0 Å². The number of para-hydroxylation sites is 1. The van der Waals surface area contributed by atoms with E-state index in [1.54, 1.807) is 12.4 Å². The lowest BCUT2D eigenvalue weighted by Gasteiger charge is -2.09. The van der Waals surface area contributed by atoms with Gasteiger partial charge in [-0.3, -0.25) is 9.78 Å². The second kappa shape index (κ2) is 7.84. The molecule has 0 spiro atoms. The Morgan fingerprint density at radius 1 is 0.929 bits per heavy atom. The number of hydrogen-bond acceptors (Lipinski definition) is 5. The van der Waals surface area contributed by atoms with Gasteiger partial charge < -0.3 is 10.6 Å². The molecule has 0 saturated heterocycles. The fourth-order valence-corrected chi connectivity index (χ4v) is 2.83. The molecule has 2 N–H and O–H groups in total. The molecule has 4 aromatic rings. The molecule has 4 rings (SSSR count). The van der Waals surface area contributed by atoms with Crippen LogP contribution < -0.4 is 10.6 Å². The minimum Gasteiger partial charge on any atom is -0.347 e. The lowest BCUT2D eigenvalue weighted by molar-refractivity contribution is 0.0945. The first-order valence-electron chi connectivity index (χ1n) is 8.95. The average Bonchev–Trinajstić information content (AvgIpc) is 2.74. The Balaban J connectivity index is 1.43. The van der Waals surface area contributed by atoms with Crippen LogP contribution in [0.15, 0.2) is 73.2 Å². The largest absolute Gasteiger partial charge is 0.347 e. The van der Waals surface area contributed by atoms with Gasteiger partial charge in [-0.1, -0.05) is 48.0 Å². The molecule has 0 atom stereocenters. The number of carbonyl (C=O) groups excluding carboxylic acids is 1. The van der Waals surface area contributed by atoms with E-state index in [0.717, 1.165) is 22.2 Å². The summed E-state index contributed by atoms with van der Waals surface area (Å²) < 4.78 is 0. The van der Waals surface area contributed by atoms with E-state index in [1.807, 2.05) is 61.5 Å². The Kier molecular flexibility index (Phi) is 4.93. The summed E-state index contributed by atoms with van der Waals surface area (Å²) in [4.78, 5) is 25.2. The zero-order valence-electron chi connectivity index (χ0n) is 15.4. The number of carbonyl (C=O) groups is 1. The van der Waals surface area contributed by atoms with Crippen molar-refractivity contribution in [3.05, 3.63) is 90.0 Å². The Bertz CT molecular complexity index is 1100. The molecular weight excluding hydrogens is 350 g/mol. The summed E-state index contributed by atoms with van der Waals surface area (Å²) in [5, 5.41) is 7.10. The molecule has 28 heavy (non-hydrogen) atoms. The first kappa shape index (κ1) is 17.6. The molecule has 0 saturated carbocycles. The smallest absolute Gasteiger partial charge is 0.271 e. The van der Waals surface area contributed by atoms with Crippen LogP contribution in [0.1, 0.15) is 21.6 Å². The SMILES string of the molecule is Cc1ccc(CNC(=O)c2cnc(Nc3cccc4cccnc34)cn2)cc1. The highest BCUT2D eigenvalue weighted by Gasteiger charge is 2.09. The van der Waals surface area contributed by atoms with Gasteiger partial charge in [0.05, 0.1) is 23.6 Å². The van der Waals surface area contributed by atoms with Crippen LogP contribution in [0.5, 0.6) is 0 Å². The van der Waals surface area contributed by atoms with Gasteiger partial charge in [0.2, 0.25) is 0 Å². The van der Waals surface area contributed by atoms with Gasteiger partial charge in [0, 0.05) is 18.1 Å². The van der Waals surface area contributed by atoms with Gasteiger partial charge in [0.15, 0.2) is 0 Å². The summed E-state index contributed by atoms with van der Waals surface area (Å²) in [6.45, 7) is 2.48. The average molecular weight is 369 g/mol. The molecule has 2 heterocycles. The minimum atomic E-state index is -0.258. The normalized spacial score (nSPS) is 10.6. The predicted molar refractivity (Wildman–Crippen MR) is 109 cm³/mol. The van der Waals surface area contributed by atoms with Crippen LogP contribution in [-0.4, -0.2) is 20.9 Å². The topological polar surface area (TPSA) is 79.8 Å². The van der Waals surface area contributed by atoms with Gasteiger partial charge in [0.1, 0.15) is 11.5 Å². The highest BCUT2D eigenvalue weighted by Crippen LogP contribution is 2.23. The Morgan fingerprint density at radius 3 is 2.54 bits per heavy atom. The molecule has 138 valence electrons. The third-order valence-electron chi connectivity index (χ3n) is 4.35. The van der Waals surface area contributed by atoms with Gasteiger partial charge in [-0.05, 0) is 24.6 Å². The van der Waals surface area contributed by atoms with Crippen LogP contribution in [0.25, 0.3) is 10.9 Å². The highest BCUT2D eigenvalue weighted by molar-refractivity contribution is 5.93. The summed E-state index contributed by atoms with van der Waals surface area (Å²) in [5.74, 6) is 0.291. The van der Waals surface area contributed by atoms with Crippen LogP contribution in [0.4, 0.5) is 11.5 Å². The van der Waals surface area contributed by atoms with Crippen LogP contribution in [0.2, 0.25) is 0 Å². The Hall–Kier alpha value is -3.80. The van der Waals surface area contributed by atoms with Gasteiger partial charge >= 0.3 is 0 Å². The van der Waals surface area contributed by atoms with E-state index in [0.29, 0.717) is 12.4 Å². The molecular formula is C22H19N5O. The molecule has 0 unspecified atom stereocenters. The Morgan fingerprint density at radius 2 is 1.75 bits per heavy atom. The molecule has 6 heteroatoms.